The topological polar surface area (TPSA) is 113 Å². The number of methoxy groups -OCH3 is 1. The number of nitrogens with two attached hydrogens (primary N) is 1. The van der Waals surface area contributed by atoms with E-state index in [1.165, 1.54) is 31.5 Å². The SMILES string of the molecule is COC(=O)N1c2ccc(C(C=NC3CNC3)=CN)c(Oc3cccc(F)c3C#N)c2CC[C@@H]1C. The molecule has 2 aliphatic heterocycles. The molecule has 2 heterocycles. The lowest BCUT2D eigenvalue weighted by molar-refractivity contribution is 0.175. The number of aliphatic imine (C=N–C) groups is 1. The predicted molar refractivity (Wildman–Crippen MR) is 128 cm³/mol. The lowest BCUT2D eigenvalue weighted by Crippen LogP contribution is -2.45. The third kappa shape index (κ3) is 4.32. The molecule has 0 radical (unpaired) electrons. The number of halogens is 1. The summed E-state index contributed by atoms with van der Waals surface area (Å²) < 4.78 is 25.5. The standard InChI is InChI=1S/C25H26FN5O3/c1-15-6-7-19-22(31(15)25(32)33-2)9-8-18(16(10-27)12-30-17-13-29-14-17)24(19)34-23-5-3-4-21(26)20(23)11-28/h3-5,8-10,12,15,17,29H,6-7,13-14,27H2,1-2H3/t15-/m0/s1. The third-order valence-electron chi connectivity index (χ3n) is 6.09. The highest BCUT2D eigenvalue weighted by molar-refractivity contribution is 6.11. The summed E-state index contributed by atoms with van der Waals surface area (Å²) >= 11 is 0. The van der Waals surface area contributed by atoms with Crippen molar-refractivity contribution in [1.82, 2.24) is 5.32 Å². The van der Waals surface area contributed by atoms with Crippen LogP contribution in [0.25, 0.3) is 5.57 Å². The van der Waals surface area contributed by atoms with Crippen molar-refractivity contribution in [2.75, 3.05) is 25.1 Å². The van der Waals surface area contributed by atoms with E-state index in [0.29, 0.717) is 35.4 Å². The number of amides is 1. The minimum Gasteiger partial charge on any atom is -0.455 e. The molecular formula is C25H26FN5O3. The van der Waals surface area contributed by atoms with Crippen LogP contribution in [0.3, 0.4) is 0 Å². The number of hydrogen-bond donors (Lipinski definition) is 2. The molecule has 2 aromatic rings. The maximum absolute atomic E-state index is 14.3. The number of rotatable bonds is 5. The quantitative estimate of drug-likeness (QED) is 0.653. The Balaban J connectivity index is 1.87. The van der Waals surface area contributed by atoms with Crippen LogP contribution in [0.5, 0.6) is 11.5 Å². The van der Waals surface area contributed by atoms with E-state index in [-0.39, 0.29) is 23.4 Å². The molecule has 0 saturated carbocycles. The van der Waals surface area contributed by atoms with Gasteiger partial charge >= 0.3 is 6.09 Å². The number of benzene rings is 2. The van der Waals surface area contributed by atoms with E-state index >= 15 is 0 Å². The Kier molecular flexibility index (Phi) is 6.80. The van der Waals surface area contributed by atoms with E-state index in [1.807, 2.05) is 19.1 Å². The van der Waals surface area contributed by atoms with Crippen LogP contribution in [-0.2, 0) is 11.2 Å². The molecule has 0 aliphatic carbocycles. The van der Waals surface area contributed by atoms with Crippen LogP contribution in [0.1, 0.15) is 30.0 Å². The fourth-order valence-electron chi connectivity index (χ4n) is 4.10. The molecule has 1 atom stereocenters. The molecule has 0 spiro atoms. The molecule has 1 fully saturated rings. The number of nitriles is 1. The minimum atomic E-state index is -0.676. The van der Waals surface area contributed by atoms with Crippen LogP contribution in [0.2, 0.25) is 0 Å². The molecule has 3 N–H and O–H groups in total. The zero-order chi connectivity index (χ0) is 24.2. The van der Waals surface area contributed by atoms with E-state index in [9.17, 15) is 14.4 Å². The number of carbonyl (C=O) groups is 1. The summed E-state index contributed by atoms with van der Waals surface area (Å²) in [5.41, 5.74) is 8.39. The molecule has 0 bridgehead atoms. The first-order valence-electron chi connectivity index (χ1n) is 11.0. The van der Waals surface area contributed by atoms with Gasteiger partial charge in [0.2, 0.25) is 0 Å². The number of hydrogen-bond acceptors (Lipinski definition) is 7. The first-order chi connectivity index (χ1) is 16.5. The summed E-state index contributed by atoms with van der Waals surface area (Å²) in [4.78, 5) is 18.7. The second-order valence-corrected chi connectivity index (χ2v) is 8.21. The van der Waals surface area contributed by atoms with E-state index in [2.05, 4.69) is 10.3 Å². The Hall–Kier alpha value is -3.90. The van der Waals surface area contributed by atoms with Crippen molar-refractivity contribution in [3.8, 4) is 17.6 Å². The van der Waals surface area contributed by atoms with Gasteiger partial charge in [-0.05, 0) is 44.0 Å². The fourth-order valence-corrected chi connectivity index (χ4v) is 4.10. The van der Waals surface area contributed by atoms with Gasteiger partial charge in [-0.15, -0.1) is 0 Å². The number of nitrogens with zero attached hydrogens (tertiary/aromatic N) is 3. The molecule has 0 aromatic heterocycles. The highest BCUT2D eigenvalue weighted by Gasteiger charge is 2.32. The third-order valence-corrected chi connectivity index (χ3v) is 6.09. The Morgan fingerprint density at radius 3 is 2.79 bits per heavy atom. The average Bonchev–Trinajstić information content (AvgIpc) is 2.81. The lowest BCUT2D eigenvalue weighted by atomic mass is 9.92. The number of anilines is 1. The van der Waals surface area contributed by atoms with Crippen molar-refractivity contribution in [2.45, 2.75) is 31.8 Å². The average molecular weight is 464 g/mol. The molecule has 2 aliphatic rings. The number of ether oxygens (including phenoxy) is 2. The smallest absolute Gasteiger partial charge is 0.414 e. The predicted octanol–water partition coefficient (Wildman–Crippen LogP) is 3.74. The van der Waals surface area contributed by atoms with E-state index < -0.39 is 11.9 Å². The monoisotopic (exact) mass is 463 g/mol. The van der Waals surface area contributed by atoms with Gasteiger partial charge in [-0.1, -0.05) is 6.07 Å². The van der Waals surface area contributed by atoms with Gasteiger partial charge in [0.15, 0.2) is 0 Å². The summed E-state index contributed by atoms with van der Waals surface area (Å²) in [7, 11) is 1.34. The van der Waals surface area contributed by atoms with Crippen molar-refractivity contribution in [3.05, 3.63) is 59.0 Å². The number of allylic oxidation sites excluding steroid dienone is 1. The lowest BCUT2D eigenvalue weighted by Gasteiger charge is -2.35. The highest BCUT2D eigenvalue weighted by Crippen LogP contribution is 2.43. The Bertz CT molecular complexity index is 1200. The largest absolute Gasteiger partial charge is 0.455 e. The van der Waals surface area contributed by atoms with Crippen LogP contribution in [-0.4, -0.2) is 44.6 Å². The summed E-state index contributed by atoms with van der Waals surface area (Å²) in [5, 5.41) is 12.7. The minimum absolute atomic E-state index is 0.0805. The maximum atomic E-state index is 14.3. The molecule has 34 heavy (non-hydrogen) atoms. The van der Waals surface area contributed by atoms with Crippen molar-refractivity contribution in [1.29, 1.82) is 5.26 Å². The Morgan fingerprint density at radius 1 is 1.35 bits per heavy atom. The van der Waals surface area contributed by atoms with Gasteiger partial charge in [0.1, 0.15) is 28.9 Å². The number of fused-ring (bicyclic) bond motifs is 1. The van der Waals surface area contributed by atoms with Gasteiger partial charge in [-0.25, -0.2) is 9.18 Å². The maximum Gasteiger partial charge on any atom is 0.414 e. The second-order valence-electron chi connectivity index (χ2n) is 8.21. The first-order valence-corrected chi connectivity index (χ1v) is 11.0. The molecule has 9 heteroatoms. The summed E-state index contributed by atoms with van der Waals surface area (Å²) in [5.74, 6) is -0.197. The number of nitrogens with one attached hydrogen (secondary N) is 1. The van der Waals surface area contributed by atoms with E-state index in [1.54, 1.807) is 17.2 Å². The molecule has 1 saturated heterocycles. The molecule has 8 nitrogen and oxygen atoms in total. The zero-order valence-corrected chi connectivity index (χ0v) is 19.0. The van der Waals surface area contributed by atoms with Gasteiger partial charge in [0, 0.05) is 48.2 Å². The van der Waals surface area contributed by atoms with Gasteiger partial charge in [0.05, 0.1) is 18.8 Å². The van der Waals surface area contributed by atoms with E-state index in [4.69, 9.17) is 15.2 Å². The van der Waals surface area contributed by atoms with E-state index in [0.717, 1.165) is 18.7 Å². The fraction of sp³-hybridized carbons (Fsp3) is 0.320. The van der Waals surface area contributed by atoms with Crippen LogP contribution in [0.15, 0.2) is 41.5 Å². The molecule has 4 rings (SSSR count). The van der Waals surface area contributed by atoms with Gasteiger partial charge in [0.25, 0.3) is 0 Å². The Labute approximate surface area is 197 Å². The Morgan fingerprint density at radius 2 is 2.15 bits per heavy atom. The van der Waals surface area contributed by atoms with Gasteiger partial charge in [-0.3, -0.25) is 9.89 Å². The molecule has 0 unspecified atom stereocenters. The molecule has 176 valence electrons. The van der Waals surface area contributed by atoms with Crippen molar-refractivity contribution < 1.29 is 18.7 Å². The van der Waals surface area contributed by atoms with Crippen LogP contribution < -0.4 is 20.7 Å². The molecule has 1 amide bonds. The van der Waals surface area contributed by atoms with Crippen molar-refractivity contribution >= 4 is 23.6 Å². The normalized spacial score (nSPS) is 18.2. The second kappa shape index (κ2) is 9.93. The summed E-state index contributed by atoms with van der Waals surface area (Å²) in [6, 6.07) is 9.79. The van der Waals surface area contributed by atoms with Crippen LogP contribution >= 0.6 is 0 Å². The van der Waals surface area contributed by atoms with Crippen LogP contribution in [0, 0.1) is 17.1 Å². The first kappa shape index (κ1) is 23.3. The summed E-state index contributed by atoms with van der Waals surface area (Å²) in [6.07, 6.45) is 3.92. The summed E-state index contributed by atoms with van der Waals surface area (Å²) in [6.45, 7) is 3.53. The van der Waals surface area contributed by atoms with Crippen LogP contribution in [0.4, 0.5) is 14.9 Å². The van der Waals surface area contributed by atoms with Gasteiger partial charge < -0.3 is 20.5 Å². The molecular weight excluding hydrogens is 437 g/mol. The zero-order valence-electron chi connectivity index (χ0n) is 19.0. The number of carbonyl (C=O) groups excluding carboxylic acids is 1. The van der Waals surface area contributed by atoms with Gasteiger partial charge in [-0.2, -0.15) is 5.26 Å². The molecule has 2 aromatic carbocycles. The van der Waals surface area contributed by atoms with Crippen molar-refractivity contribution in [2.24, 2.45) is 10.7 Å². The van der Waals surface area contributed by atoms with Crippen molar-refractivity contribution in [3.63, 3.8) is 0 Å². The highest BCUT2D eigenvalue weighted by atomic mass is 19.1.